The fourth-order valence-corrected chi connectivity index (χ4v) is 11.7. The number of hydrogen-bond donors (Lipinski definition) is 3. The van der Waals surface area contributed by atoms with Crippen LogP contribution in [0.15, 0.2) is 36.5 Å². The quantitative estimate of drug-likeness (QED) is 0.0320. The highest BCUT2D eigenvalue weighted by molar-refractivity contribution is 5.76. The van der Waals surface area contributed by atoms with Gasteiger partial charge in [0.25, 0.3) is 0 Å². The summed E-state index contributed by atoms with van der Waals surface area (Å²) in [6, 6.07) is -0.631. The molecule has 0 heterocycles. The predicted molar refractivity (Wildman–Crippen MR) is 361 cm³/mol. The summed E-state index contributed by atoms with van der Waals surface area (Å²) in [6.07, 6.45) is 92.3. The number of ether oxygens (including phenoxy) is 1. The molecule has 484 valence electrons. The Balaban J connectivity index is 3.40. The third-order valence-electron chi connectivity index (χ3n) is 17.4. The van der Waals surface area contributed by atoms with E-state index in [1.54, 1.807) is 6.08 Å². The first-order chi connectivity index (χ1) is 40.5. The van der Waals surface area contributed by atoms with E-state index < -0.39 is 12.1 Å². The summed E-state index contributed by atoms with van der Waals surface area (Å²) in [7, 11) is 0. The highest BCUT2D eigenvalue weighted by Crippen LogP contribution is 2.19. The molecule has 0 bridgehead atoms. The monoisotopic (exact) mass is 1150 g/mol. The van der Waals surface area contributed by atoms with Gasteiger partial charge in [0.15, 0.2) is 0 Å². The first-order valence-corrected chi connectivity index (χ1v) is 37.3. The van der Waals surface area contributed by atoms with Gasteiger partial charge in [0.2, 0.25) is 5.91 Å². The van der Waals surface area contributed by atoms with Gasteiger partial charge in [-0.25, -0.2) is 0 Å². The van der Waals surface area contributed by atoms with Gasteiger partial charge in [-0.15, -0.1) is 0 Å². The normalized spacial score (nSPS) is 12.7. The molecule has 0 aromatic carbocycles. The highest BCUT2D eigenvalue weighted by Gasteiger charge is 2.18. The zero-order chi connectivity index (χ0) is 59.2. The molecule has 1 amide bonds. The molecule has 0 radical (unpaired) electrons. The van der Waals surface area contributed by atoms with Crippen LogP contribution in [0.3, 0.4) is 0 Å². The molecule has 0 spiro atoms. The van der Waals surface area contributed by atoms with E-state index in [1.807, 2.05) is 6.08 Å². The lowest BCUT2D eigenvalue weighted by Crippen LogP contribution is -2.45. The molecule has 0 rings (SSSR count). The summed E-state index contributed by atoms with van der Waals surface area (Å²) < 4.78 is 5.51. The Morgan fingerprint density at radius 2 is 0.610 bits per heavy atom. The second-order valence-corrected chi connectivity index (χ2v) is 25.6. The number of aliphatic hydroxyl groups excluding tert-OH is 2. The van der Waals surface area contributed by atoms with Crippen molar-refractivity contribution < 1.29 is 24.5 Å². The number of carbonyl (C=O) groups excluding carboxylic acids is 2. The average Bonchev–Trinajstić information content (AvgIpc) is 3.48. The van der Waals surface area contributed by atoms with Crippen molar-refractivity contribution in [3.05, 3.63) is 36.5 Å². The summed E-state index contributed by atoms with van der Waals surface area (Å²) in [5, 5.41) is 23.3. The maximum atomic E-state index is 12.5. The number of esters is 1. The fraction of sp³-hybridized carbons (Fsp3) is 0.895. The van der Waals surface area contributed by atoms with Gasteiger partial charge in [0, 0.05) is 12.8 Å². The Morgan fingerprint density at radius 3 is 0.951 bits per heavy atom. The number of amides is 1. The second kappa shape index (κ2) is 71.6. The van der Waals surface area contributed by atoms with E-state index in [-0.39, 0.29) is 18.5 Å². The van der Waals surface area contributed by atoms with Crippen LogP contribution < -0.4 is 5.32 Å². The molecule has 3 N–H and O–H groups in total. The number of carbonyl (C=O) groups is 2. The number of rotatable bonds is 70. The minimum atomic E-state index is -0.847. The molecule has 0 saturated heterocycles. The van der Waals surface area contributed by atoms with E-state index >= 15 is 0 Å². The molecule has 2 atom stereocenters. The minimum absolute atomic E-state index is 0.00854. The van der Waals surface area contributed by atoms with Crippen LogP contribution in [0.2, 0.25) is 0 Å². The predicted octanol–water partition coefficient (Wildman–Crippen LogP) is 24.3. The Hall–Kier alpha value is -1.92. The van der Waals surface area contributed by atoms with Gasteiger partial charge >= 0.3 is 5.97 Å². The van der Waals surface area contributed by atoms with E-state index in [2.05, 4.69) is 43.5 Å². The first kappa shape index (κ1) is 80.1. The molecule has 2 unspecified atom stereocenters. The lowest BCUT2D eigenvalue weighted by molar-refractivity contribution is -0.143. The molecule has 82 heavy (non-hydrogen) atoms. The lowest BCUT2D eigenvalue weighted by atomic mass is 10.0. The number of hydrogen-bond acceptors (Lipinski definition) is 5. The topological polar surface area (TPSA) is 95.9 Å². The van der Waals surface area contributed by atoms with Crippen molar-refractivity contribution in [3.63, 3.8) is 0 Å². The standard InChI is InChI=1S/C76H145NO5/c1-3-5-7-9-11-13-15-17-19-21-23-24-25-26-27-29-33-36-40-44-48-52-56-60-64-68-74(79)73(72-78)77-75(80)69-65-61-57-53-49-45-41-37-34-30-28-31-35-39-43-47-51-55-59-63-67-71-82-76(81)70-66-62-58-54-50-46-42-38-32-22-20-18-16-14-12-10-8-6-4-2/h12,14,18,20,64,68,73-74,78-79H,3-11,13,15-17,19,21-63,65-67,69-72H2,1-2H3,(H,77,80)/b14-12-,20-18-,68-64+. The molecule has 0 aliphatic rings. The number of aliphatic hydroxyl groups is 2. The average molecular weight is 1150 g/mol. The van der Waals surface area contributed by atoms with Gasteiger partial charge in [-0.1, -0.05) is 371 Å². The Bertz CT molecular complexity index is 1330. The minimum Gasteiger partial charge on any atom is -0.466 e. The van der Waals surface area contributed by atoms with E-state index in [1.165, 1.54) is 334 Å². The molecular formula is C76H145NO5. The van der Waals surface area contributed by atoms with Gasteiger partial charge in [-0.2, -0.15) is 0 Å². The van der Waals surface area contributed by atoms with Gasteiger partial charge in [-0.05, 0) is 64.2 Å². The SMILES string of the molecule is CCCCC/C=C\C/C=C\CCCCCCCCCCCC(=O)OCCCCCCCCCCCCCCCCCCCCCCCC(=O)NC(CO)C(O)/C=C/CCCCCCCCCCCCCCCCCCCCCCCCC. The Kier molecular flexibility index (Phi) is 69.9. The lowest BCUT2D eigenvalue weighted by Gasteiger charge is -2.20. The molecule has 0 saturated carbocycles. The van der Waals surface area contributed by atoms with Crippen LogP contribution in [-0.4, -0.2) is 47.4 Å². The van der Waals surface area contributed by atoms with Gasteiger partial charge in [0.05, 0.1) is 25.4 Å². The third kappa shape index (κ3) is 67.2. The van der Waals surface area contributed by atoms with Crippen molar-refractivity contribution in [1.29, 1.82) is 0 Å². The van der Waals surface area contributed by atoms with Crippen molar-refractivity contribution in [3.8, 4) is 0 Å². The molecule has 0 aliphatic carbocycles. The van der Waals surface area contributed by atoms with Crippen LogP contribution in [0, 0.1) is 0 Å². The van der Waals surface area contributed by atoms with Crippen molar-refractivity contribution in [2.45, 2.75) is 424 Å². The van der Waals surface area contributed by atoms with E-state index in [0.717, 1.165) is 51.4 Å². The molecular weight excluding hydrogens is 1010 g/mol. The highest BCUT2D eigenvalue weighted by atomic mass is 16.5. The summed E-state index contributed by atoms with van der Waals surface area (Å²) in [4.78, 5) is 24.7. The zero-order valence-corrected chi connectivity index (χ0v) is 55.5. The van der Waals surface area contributed by atoms with Crippen LogP contribution in [-0.2, 0) is 14.3 Å². The smallest absolute Gasteiger partial charge is 0.305 e. The Labute approximate surface area is 513 Å². The molecule has 0 aliphatic heterocycles. The Morgan fingerprint density at radius 1 is 0.341 bits per heavy atom. The third-order valence-corrected chi connectivity index (χ3v) is 17.4. The first-order valence-electron chi connectivity index (χ1n) is 37.3. The second-order valence-electron chi connectivity index (χ2n) is 25.6. The van der Waals surface area contributed by atoms with Crippen molar-refractivity contribution >= 4 is 11.9 Å². The maximum Gasteiger partial charge on any atom is 0.305 e. The number of nitrogens with one attached hydrogen (secondary N) is 1. The van der Waals surface area contributed by atoms with E-state index in [0.29, 0.717) is 19.4 Å². The van der Waals surface area contributed by atoms with Crippen LogP contribution in [0.25, 0.3) is 0 Å². The van der Waals surface area contributed by atoms with Crippen molar-refractivity contribution in [2.24, 2.45) is 0 Å². The van der Waals surface area contributed by atoms with Crippen LogP contribution in [0.1, 0.15) is 412 Å². The maximum absolute atomic E-state index is 12.5. The molecule has 6 heteroatoms. The van der Waals surface area contributed by atoms with Crippen molar-refractivity contribution in [2.75, 3.05) is 13.2 Å². The summed E-state index contributed by atoms with van der Waals surface area (Å²) in [5.41, 5.74) is 0. The summed E-state index contributed by atoms with van der Waals surface area (Å²) >= 11 is 0. The molecule has 6 nitrogen and oxygen atoms in total. The largest absolute Gasteiger partial charge is 0.466 e. The van der Waals surface area contributed by atoms with Gasteiger partial charge in [-0.3, -0.25) is 9.59 Å². The van der Waals surface area contributed by atoms with Gasteiger partial charge < -0.3 is 20.3 Å². The summed E-state index contributed by atoms with van der Waals surface area (Å²) in [5.74, 6) is -0.0559. The van der Waals surface area contributed by atoms with Crippen LogP contribution >= 0.6 is 0 Å². The van der Waals surface area contributed by atoms with E-state index in [9.17, 15) is 19.8 Å². The molecule has 0 aromatic rings. The van der Waals surface area contributed by atoms with Gasteiger partial charge in [0.1, 0.15) is 0 Å². The van der Waals surface area contributed by atoms with Crippen LogP contribution in [0.5, 0.6) is 0 Å². The van der Waals surface area contributed by atoms with E-state index in [4.69, 9.17) is 4.74 Å². The fourth-order valence-electron chi connectivity index (χ4n) is 11.7. The molecule has 0 fully saturated rings. The summed E-state index contributed by atoms with van der Waals surface area (Å²) in [6.45, 7) is 4.92. The number of allylic oxidation sites excluding steroid dienone is 5. The van der Waals surface area contributed by atoms with Crippen molar-refractivity contribution in [1.82, 2.24) is 5.32 Å². The number of unbranched alkanes of at least 4 members (excludes halogenated alkanes) is 55. The zero-order valence-electron chi connectivity index (χ0n) is 55.5. The molecule has 0 aromatic heterocycles. The van der Waals surface area contributed by atoms with Crippen LogP contribution in [0.4, 0.5) is 0 Å².